The normalized spacial score (nSPS) is 11.3. The van der Waals surface area contributed by atoms with E-state index in [2.05, 4.69) is 229 Å². The molecule has 0 saturated carbocycles. The fraction of sp³-hybridized carbons (Fsp3) is 0. The monoisotopic (exact) mass is 699 g/mol. The van der Waals surface area contributed by atoms with Crippen LogP contribution in [0.5, 0.6) is 0 Å². The number of benzene rings is 10. The van der Waals surface area contributed by atoms with Gasteiger partial charge in [0.15, 0.2) is 0 Å². The molecule has 0 spiro atoms. The summed E-state index contributed by atoms with van der Waals surface area (Å²) in [5.41, 5.74) is 13.0. The second-order valence-electron chi connectivity index (χ2n) is 14.1. The van der Waals surface area contributed by atoms with Crippen LogP contribution < -0.4 is 4.90 Å². The third-order valence-corrected chi connectivity index (χ3v) is 10.8. The minimum absolute atomic E-state index is 1.10. The van der Waals surface area contributed by atoms with Gasteiger partial charge in [-0.3, -0.25) is 0 Å². The van der Waals surface area contributed by atoms with Crippen LogP contribution in [0.15, 0.2) is 224 Å². The van der Waals surface area contributed by atoms with Crippen LogP contribution in [-0.4, -0.2) is 0 Å². The van der Waals surface area contributed by atoms with Gasteiger partial charge in [-0.05, 0) is 125 Å². The topological polar surface area (TPSA) is 3.24 Å². The fourth-order valence-corrected chi connectivity index (χ4v) is 8.13. The number of hydrogen-bond acceptors (Lipinski definition) is 1. The molecule has 0 bridgehead atoms. The Morgan fingerprint density at radius 3 is 1.47 bits per heavy atom. The van der Waals surface area contributed by atoms with Gasteiger partial charge in [0, 0.05) is 17.1 Å². The van der Waals surface area contributed by atoms with Crippen LogP contribution in [0.1, 0.15) is 0 Å². The Kier molecular flexibility index (Phi) is 8.24. The van der Waals surface area contributed by atoms with Crippen molar-refractivity contribution < 1.29 is 0 Å². The molecule has 0 unspecified atom stereocenters. The van der Waals surface area contributed by atoms with Gasteiger partial charge in [0.05, 0.1) is 0 Å². The number of rotatable bonds is 7. The molecular formula is C54H37N. The lowest BCUT2D eigenvalue weighted by Crippen LogP contribution is -2.10. The first-order valence-electron chi connectivity index (χ1n) is 18.9. The van der Waals surface area contributed by atoms with E-state index in [1.165, 1.54) is 76.8 Å². The average Bonchev–Trinajstić information content (AvgIpc) is 3.27. The smallest absolute Gasteiger partial charge is 0.0467 e. The lowest BCUT2D eigenvalue weighted by Gasteiger charge is -2.27. The Hall–Kier alpha value is -7.22. The van der Waals surface area contributed by atoms with E-state index in [1.807, 2.05) is 0 Å². The van der Waals surface area contributed by atoms with E-state index in [0.29, 0.717) is 0 Å². The van der Waals surface area contributed by atoms with Crippen LogP contribution in [0.4, 0.5) is 17.1 Å². The molecule has 10 aromatic rings. The minimum Gasteiger partial charge on any atom is -0.310 e. The van der Waals surface area contributed by atoms with Crippen LogP contribution in [0, 0.1) is 0 Å². The molecule has 0 atom stereocenters. The molecular weight excluding hydrogens is 663 g/mol. The van der Waals surface area contributed by atoms with Crippen molar-refractivity contribution >= 4 is 49.4 Å². The van der Waals surface area contributed by atoms with Crippen LogP contribution in [0.3, 0.4) is 0 Å². The second-order valence-corrected chi connectivity index (χ2v) is 14.1. The molecule has 258 valence electrons. The van der Waals surface area contributed by atoms with Crippen molar-refractivity contribution in [3.8, 4) is 44.5 Å². The Morgan fingerprint density at radius 2 is 0.727 bits per heavy atom. The van der Waals surface area contributed by atoms with Crippen molar-refractivity contribution in [1.29, 1.82) is 0 Å². The summed E-state index contributed by atoms with van der Waals surface area (Å²) in [6.45, 7) is 0. The molecule has 0 radical (unpaired) electrons. The van der Waals surface area contributed by atoms with E-state index in [0.717, 1.165) is 17.1 Å². The predicted molar refractivity (Wildman–Crippen MR) is 235 cm³/mol. The van der Waals surface area contributed by atoms with Gasteiger partial charge in [-0.1, -0.05) is 176 Å². The number of anilines is 3. The highest BCUT2D eigenvalue weighted by molar-refractivity contribution is 6.14. The van der Waals surface area contributed by atoms with E-state index >= 15 is 0 Å². The minimum atomic E-state index is 1.10. The lowest BCUT2D eigenvalue weighted by atomic mass is 9.93. The molecule has 0 aliphatic rings. The van der Waals surface area contributed by atoms with Gasteiger partial charge in [-0.15, -0.1) is 0 Å². The number of nitrogens with zero attached hydrogens (tertiary/aromatic N) is 1. The zero-order chi connectivity index (χ0) is 36.6. The zero-order valence-corrected chi connectivity index (χ0v) is 30.3. The van der Waals surface area contributed by atoms with E-state index in [-0.39, 0.29) is 0 Å². The molecule has 0 saturated heterocycles. The molecule has 1 heteroatoms. The first-order chi connectivity index (χ1) is 27.3. The quantitative estimate of drug-likeness (QED) is 0.150. The summed E-state index contributed by atoms with van der Waals surface area (Å²) in [7, 11) is 0. The summed E-state index contributed by atoms with van der Waals surface area (Å²) >= 11 is 0. The summed E-state index contributed by atoms with van der Waals surface area (Å²) in [6.07, 6.45) is 0. The summed E-state index contributed by atoms with van der Waals surface area (Å²) in [4.78, 5) is 2.38. The Labute approximate surface area is 322 Å². The van der Waals surface area contributed by atoms with Crippen molar-refractivity contribution in [2.24, 2.45) is 0 Å². The Bertz CT molecular complexity index is 2950. The Balaban J connectivity index is 1.09. The molecule has 0 aromatic heterocycles. The van der Waals surface area contributed by atoms with Gasteiger partial charge in [0.1, 0.15) is 0 Å². The van der Waals surface area contributed by atoms with Crippen LogP contribution in [0.2, 0.25) is 0 Å². The highest BCUT2D eigenvalue weighted by Crippen LogP contribution is 2.41. The Morgan fingerprint density at radius 1 is 0.218 bits per heavy atom. The van der Waals surface area contributed by atoms with Crippen molar-refractivity contribution in [1.82, 2.24) is 0 Å². The van der Waals surface area contributed by atoms with Crippen molar-refractivity contribution in [3.63, 3.8) is 0 Å². The highest BCUT2D eigenvalue weighted by Gasteiger charge is 2.16. The average molecular weight is 700 g/mol. The molecule has 10 rings (SSSR count). The zero-order valence-electron chi connectivity index (χ0n) is 30.3. The van der Waals surface area contributed by atoms with Crippen LogP contribution in [-0.2, 0) is 0 Å². The third kappa shape index (κ3) is 6.12. The van der Waals surface area contributed by atoms with Gasteiger partial charge in [-0.2, -0.15) is 0 Å². The van der Waals surface area contributed by atoms with E-state index in [1.54, 1.807) is 0 Å². The van der Waals surface area contributed by atoms with Gasteiger partial charge in [0.2, 0.25) is 0 Å². The standard InChI is InChI=1S/C54H37N/c1-2-13-38(14-3-1)42-18-10-19-43(35-42)39-27-31-46(32-28-39)55(47-33-29-41(30-34-47)50-26-12-17-40-15-4-6-22-49(40)50)48-21-11-20-44(36-48)54-37-45-16-5-7-23-51(45)52-24-8-9-25-53(52)54/h1-37H. The van der Waals surface area contributed by atoms with E-state index in [9.17, 15) is 0 Å². The molecule has 0 heterocycles. The molecule has 0 N–H and O–H groups in total. The largest absolute Gasteiger partial charge is 0.310 e. The van der Waals surface area contributed by atoms with Crippen molar-refractivity contribution in [2.75, 3.05) is 4.90 Å². The molecule has 1 nitrogen and oxygen atoms in total. The first-order valence-corrected chi connectivity index (χ1v) is 18.9. The molecule has 0 amide bonds. The SMILES string of the molecule is c1ccc(-c2cccc(-c3ccc(N(c4ccc(-c5cccc6ccccc56)cc4)c4cccc(-c5cc6ccccc6c6ccccc56)c4)cc3)c2)cc1. The lowest BCUT2D eigenvalue weighted by molar-refractivity contribution is 1.28. The maximum Gasteiger partial charge on any atom is 0.0467 e. The molecule has 55 heavy (non-hydrogen) atoms. The van der Waals surface area contributed by atoms with Crippen LogP contribution in [0.25, 0.3) is 76.8 Å². The first kappa shape index (κ1) is 32.4. The van der Waals surface area contributed by atoms with E-state index < -0.39 is 0 Å². The maximum atomic E-state index is 2.38. The van der Waals surface area contributed by atoms with Gasteiger partial charge in [-0.25, -0.2) is 0 Å². The number of hydrogen-bond donors (Lipinski definition) is 0. The fourth-order valence-electron chi connectivity index (χ4n) is 8.13. The molecule has 0 aliphatic heterocycles. The highest BCUT2D eigenvalue weighted by atomic mass is 15.1. The van der Waals surface area contributed by atoms with Crippen LogP contribution >= 0.6 is 0 Å². The van der Waals surface area contributed by atoms with Crippen molar-refractivity contribution in [2.45, 2.75) is 0 Å². The summed E-state index contributed by atoms with van der Waals surface area (Å²) < 4.78 is 0. The maximum absolute atomic E-state index is 2.38. The third-order valence-electron chi connectivity index (χ3n) is 10.8. The second kappa shape index (κ2) is 14.0. The molecule has 0 fully saturated rings. The summed E-state index contributed by atoms with van der Waals surface area (Å²) in [5, 5.41) is 7.56. The number of fused-ring (bicyclic) bond motifs is 4. The predicted octanol–water partition coefficient (Wildman–Crippen LogP) is 15.3. The molecule has 0 aliphatic carbocycles. The van der Waals surface area contributed by atoms with Gasteiger partial charge >= 0.3 is 0 Å². The van der Waals surface area contributed by atoms with Crippen molar-refractivity contribution in [3.05, 3.63) is 224 Å². The van der Waals surface area contributed by atoms with Gasteiger partial charge < -0.3 is 4.90 Å². The van der Waals surface area contributed by atoms with E-state index in [4.69, 9.17) is 0 Å². The summed E-state index contributed by atoms with van der Waals surface area (Å²) in [5.74, 6) is 0. The summed E-state index contributed by atoms with van der Waals surface area (Å²) in [6, 6.07) is 81.4. The molecule has 10 aromatic carbocycles. The van der Waals surface area contributed by atoms with Gasteiger partial charge in [0.25, 0.3) is 0 Å².